The van der Waals surface area contributed by atoms with Gasteiger partial charge in [0.05, 0.1) is 16.9 Å². The number of benzene rings is 2. The zero-order chi connectivity index (χ0) is 20.7. The summed E-state index contributed by atoms with van der Waals surface area (Å²) in [6, 6.07) is 14.6. The van der Waals surface area contributed by atoms with E-state index >= 15 is 0 Å². The van der Waals surface area contributed by atoms with Gasteiger partial charge in [0.1, 0.15) is 6.04 Å². The number of carbonyl (C=O) groups excluding carboxylic acids is 2. The van der Waals surface area contributed by atoms with Crippen LogP contribution in [0.4, 0.5) is 5.69 Å². The number of carbonyl (C=O) groups is 2. The highest BCUT2D eigenvalue weighted by Gasteiger charge is 2.58. The van der Waals surface area contributed by atoms with Gasteiger partial charge in [-0.25, -0.2) is 10.4 Å². The van der Waals surface area contributed by atoms with Gasteiger partial charge in [-0.1, -0.05) is 42.5 Å². The van der Waals surface area contributed by atoms with Gasteiger partial charge in [-0.2, -0.15) is 0 Å². The molecule has 0 aromatic heterocycles. The fourth-order valence-electron chi connectivity index (χ4n) is 4.21. The van der Waals surface area contributed by atoms with Crippen LogP contribution in [0.2, 0.25) is 0 Å². The van der Waals surface area contributed by atoms with Gasteiger partial charge in [0, 0.05) is 24.7 Å². The van der Waals surface area contributed by atoms with E-state index in [2.05, 4.69) is 5.43 Å². The zero-order valence-corrected chi connectivity index (χ0v) is 16.2. The lowest BCUT2D eigenvalue weighted by Crippen LogP contribution is -2.46. The van der Waals surface area contributed by atoms with Crippen molar-refractivity contribution in [1.82, 2.24) is 15.3 Å². The number of nitro benzene ring substituents is 1. The van der Waals surface area contributed by atoms with Crippen molar-refractivity contribution in [1.29, 1.82) is 0 Å². The highest BCUT2D eigenvalue weighted by molar-refractivity contribution is 6.08. The fourth-order valence-corrected chi connectivity index (χ4v) is 4.21. The fraction of sp³-hybridized carbons (Fsp3) is 0.333. The Labute approximate surface area is 168 Å². The molecule has 0 saturated carbocycles. The van der Waals surface area contributed by atoms with Gasteiger partial charge in [-0.05, 0) is 25.0 Å². The first-order chi connectivity index (χ1) is 13.9. The van der Waals surface area contributed by atoms with Crippen molar-refractivity contribution >= 4 is 17.5 Å². The number of imide groups is 1. The van der Waals surface area contributed by atoms with E-state index in [1.807, 2.05) is 49.2 Å². The molecule has 2 fully saturated rings. The molecule has 8 nitrogen and oxygen atoms in total. The molecule has 4 rings (SSSR count). The molecule has 2 aromatic carbocycles. The molecule has 2 aliphatic heterocycles. The van der Waals surface area contributed by atoms with Crippen molar-refractivity contribution in [2.45, 2.75) is 38.5 Å². The molecule has 0 bridgehead atoms. The summed E-state index contributed by atoms with van der Waals surface area (Å²) in [4.78, 5) is 38.1. The van der Waals surface area contributed by atoms with Crippen molar-refractivity contribution < 1.29 is 14.5 Å². The Morgan fingerprint density at radius 1 is 1.03 bits per heavy atom. The second-order valence-electron chi connectivity index (χ2n) is 7.68. The van der Waals surface area contributed by atoms with Gasteiger partial charge in [0.15, 0.2) is 0 Å². The predicted molar refractivity (Wildman–Crippen MR) is 105 cm³/mol. The summed E-state index contributed by atoms with van der Waals surface area (Å²) in [6.45, 7) is 4.12. The van der Waals surface area contributed by atoms with E-state index in [0.717, 1.165) is 11.1 Å². The van der Waals surface area contributed by atoms with Crippen molar-refractivity contribution in [3.63, 3.8) is 0 Å². The third-order valence-corrected chi connectivity index (χ3v) is 5.53. The summed E-state index contributed by atoms with van der Waals surface area (Å²) in [5.74, 6) is -0.987. The van der Waals surface area contributed by atoms with Gasteiger partial charge in [-0.15, -0.1) is 0 Å². The number of hydrogen-bond donors (Lipinski definition) is 1. The number of non-ortho nitro benzene ring substituents is 1. The Morgan fingerprint density at radius 3 is 2.28 bits per heavy atom. The summed E-state index contributed by atoms with van der Waals surface area (Å²) in [6.07, 6.45) is 0. The molecule has 8 heteroatoms. The normalized spacial score (nSPS) is 24.4. The molecule has 3 atom stereocenters. The highest BCUT2D eigenvalue weighted by Crippen LogP contribution is 2.41. The molecule has 0 radical (unpaired) electrons. The second-order valence-corrected chi connectivity index (χ2v) is 7.68. The number of rotatable bonds is 5. The molecule has 0 unspecified atom stereocenters. The molecular formula is C21H22N4O4. The molecule has 150 valence electrons. The first-order valence-corrected chi connectivity index (χ1v) is 9.56. The second kappa shape index (κ2) is 7.38. The minimum Gasteiger partial charge on any atom is -0.278 e. The van der Waals surface area contributed by atoms with Crippen LogP contribution in [-0.4, -0.2) is 38.7 Å². The third kappa shape index (κ3) is 3.30. The minimum absolute atomic E-state index is 0.0120. The molecule has 2 aromatic rings. The van der Waals surface area contributed by atoms with Crippen LogP contribution >= 0.6 is 0 Å². The van der Waals surface area contributed by atoms with Gasteiger partial charge >= 0.3 is 0 Å². The summed E-state index contributed by atoms with van der Waals surface area (Å²) in [5.41, 5.74) is 5.07. The lowest BCUT2D eigenvalue weighted by molar-refractivity contribution is -0.384. The van der Waals surface area contributed by atoms with Crippen molar-refractivity contribution in [3.05, 3.63) is 75.8 Å². The SMILES string of the molecule is CC(C)N1C(=O)[C@H]2[C@@H](C1=O)N(Cc1ccccc1)N[C@H]2c1ccc([N+](=O)[O-])cc1. The van der Waals surface area contributed by atoms with E-state index in [1.165, 1.54) is 17.0 Å². The quantitative estimate of drug-likeness (QED) is 0.475. The Hall–Kier alpha value is -3.10. The molecule has 2 amide bonds. The third-order valence-electron chi connectivity index (χ3n) is 5.53. The van der Waals surface area contributed by atoms with Gasteiger partial charge in [0.25, 0.3) is 5.69 Å². The van der Waals surface area contributed by atoms with Gasteiger partial charge < -0.3 is 0 Å². The van der Waals surface area contributed by atoms with Crippen LogP contribution in [0.15, 0.2) is 54.6 Å². The number of hydrogen-bond acceptors (Lipinski definition) is 6. The van der Waals surface area contributed by atoms with Crippen LogP contribution in [0.3, 0.4) is 0 Å². The van der Waals surface area contributed by atoms with E-state index in [1.54, 1.807) is 12.1 Å². The highest BCUT2D eigenvalue weighted by atomic mass is 16.6. The summed E-state index contributed by atoms with van der Waals surface area (Å²) < 4.78 is 0. The summed E-state index contributed by atoms with van der Waals surface area (Å²) in [5, 5.41) is 12.8. The number of likely N-dealkylation sites (tertiary alicyclic amines) is 1. The van der Waals surface area contributed by atoms with Crippen LogP contribution in [0.25, 0.3) is 0 Å². The number of nitro groups is 1. The Balaban J connectivity index is 1.69. The van der Waals surface area contributed by atoms with Crippen LogP contribution in [0.1, 0.15) is 31.0 Å². The van der Waals surface area contributed by atoms with Crippen molar-refractivity contribution in [2.24, 2.45) is 5.92 Å². The van der Waals surface area contributed by atoms with Crippen LogP contribution in [0, 0.1) is 16.0 Å². The number of hydrazine groups is 1. The molecular weight excluding hydrogens is 372 g/mol. The smallest absolute Gasteiger partial charge is 0.269 e. The minimum atomic E-state index is -0.606. The monoisotopic (exact) mass is 394 g/mol. The largest absolute Gasteiger partial charge is 0.278 e. The average molecular weight is 394 g/mol. The van der Waals surface area contributed by atoms with E-state index in [4.69, 9.17) is 0 Å². The van der Waals surface area contributed by atoms with Crippen LogP contribution in [0.5, 0.6) is 0 Å². The summed E-state index contributed by atoms with van der Waals surface area (Å²) >= 11 is 0. The molecule has 0 aliphatic carbocycles. The summed E-state index contributed by atoms with van der Waals surface area (Å²) in [7, 11) is 0. The van der Waals surface area contributed by atoms with Crippen LogP contribution in [-0.2, 0) is 16.1 Å². The number of amides is 2. The number of fused-ring (bicyclic) bond motifs is 1. The molecule has 0 spiro atoms. The Morgan fingerprint density at radius 2 is 1.69 bits per heavy atom. The van der Waals surface area contributed by atoms with Crippen molar-refractivity contribution in [3.8, 4) is 0 Å². The number of nitrogens with one attached hydrogen (secondary N) is 1. The van der Waals surface area contributed by atoms with Crippen LogP contribution < -0.4 is 5.43 Å². The Kier molecular flexibility index (Phi) is 4.89. The Bertz CT molecular complexity index is 945. The van der Waals surface area contributed by atoms with E-state index < -0.39 is 22.9 Å². The lowest BCUT2D eigenvalue weighted by Gasteiger charge is -2.26. The zero-order valence-electron chi connectivity index (χ0n) is 16.2. The molecule has 2 aliphatic rings. The predicted octanol–water partition coefficient (Wildman–Crippen LogP) is 2.42. The maximum absolute atomic E-state index is 13.1. The molecule has 2 heterocycles. The van der Waals surface area contributed by atoms with E-state index in [-0.39, 0.29) is 23.5 Å². The lowest BCUT2D eigenvalue weighted by atomic mass is 9.91. The first-order valence-electron chi connectivity index (χ1n) is 9.56. The topological polar surface area (TPSA) is 95.8 Å². The van der Waals surface area contributed by atoms with E-state index in [9.17, 15) is 19.7 Å². The standard InChI is InChI=1S/C21H22N4O4/c1-13(2)24-20(26)17-18(15-8-10-16(11-9-15)25(28)29)22-23(19(17)21(24)27)12-14-6-4-3-5-7-14/h3-11,13,17-19,22H,12H2,1-2H3/t17-,18+,19+/m1/s1. The maximum Gasteiger partial charge on any atom is 0.269 e. The molecule has 29 heavy (non-hydrogen) atoms. The van der Waals surface area contributed by atoms with Gasteiger partial charge in [-0.3, -0.25) is 24.6 Å². The molecule has 1 N–H and O–H groups in total. The van der Waals surface area contributed by atoms with Gasteiger partial charge in [0.2, 0.25) is 11.8 Å². The average Bonchev–Trinajstić information content (AvgIpc) is 3.19. The molecule has 2 saturated heterocycles. The van der Waals surface area contributed by atoms with Crippen molar-refractivity contribution in [2.75, 3.05) is 0 Å². The number of nitrogens with zero attached hydrogens (tertiary/aromatic N) is 3. The maximum atomic E-state index is 13.1. The van der Waals surface area contributed by atoms with E-state index in [0.29, 0.717) is 6.54 Å². The first kappa shape index (κ1) is 19.2.